The van der Waals surface area contributed by atoms with Gasteiger partial charge in [0, 0.05) is 18.5 Å². The zero-order chi connectivity index (χ0) is 28.9. The Morgan fingerprint density at radius 3 is 2.39 bits per heavy atom. The molecular formula is C28H32ClN5O6S. The van der Waals surface area contributed by atoms with Crippen LogP contribution in [0.4, 0.5) is 5.69 Å². The van der Waals surface area contributed by atoms with E-state index in [0.29, 0.717) is 17.5 Å². The first-order valence-electron chi connectivity index (χ1n) is 12.6. The van der Waals surface area contributed by atoms with Crippen molar-refractivity contribution in [3.8, 4) is 0 Å². The molecule has 0 spiro atoms. The monoisotopic (exact) mass is 601 g/mol. The number of hydrogen-bond donors (Lipinski definition) is 5. The van der Waals surface area contributed by atoms with Crippen LogP contribution in [0.1, 0.15) is 35.6 Å². The highest BCUT2D eigenvalue weighted by molar-refractivity contribution is 7.89. The fourth-order valence-electron chi connectivity index (χ4n) is 4.43. The molecule has 1 amide bonds. The van der Waals surface area contributed by atoms with Gasteiger partial charge in [-0.3, -0.25) is 19.8 Å². The highest BCUT2D eigenvalue weighted by atomic mass is 35.5. The first kappa shape index (κ1) is 31.6. The van der Waals surface area contributed by atoms with E-state index in [2.05, 4.69) is 10.0 Å². The minimum absolute atomic E-state index is 0. The number of hydroxylamine groups is 1. The van der Waals surface area contributed by atoms with Gasteiger partial charge in [-0.05, 0) is 42.3 Å². The number of carboxylic acids is 1. The number of sulfonamides is 1. The largest absolute Gasteiger partial charge is 0.480 e. The predicted molar refractivity (Wildman–Crippen MR) is 156 cm³/mol. The molecule has 0 saturated carbocycles. The number of carboxylic acid groups (broad SMARTS) is 1. The van der Waals surface area contributed by atoms with Crippen molar-refractivity contribution in [3.63, 3.8) is 0 Å². The summed E-state index contributed by atoms with van der Waals surface area (Å²) in [5.74, 6) is -1.94. The molecule has 6 N–H and O–H groups in total. The van der Waals surface area contributed by atoms with Crippen molar-refractivity contribution in [1.29, 1.82) is 5.41 Å². The van der Waals surface area contributed by atoms with Crippen molar-refractivity contribution >= 4 is 45.8 Å². The summed E-state index contributed by atoms with van der Waals surface area (Å²) >= 11 is 0. The van der Waals surface area contributed by atoms with Crippen LogP contribution in [0.5, 0.6) is 0 Å². The van der Waals surface area contributed by atoms with Gasteiger partial charge in [-0.25, -0.2) is 13.5 Å². The fourth-order valence-corrected chi connectivity index (χ4v) is 5.72. The summed E-state index contributed by atoms with van der Waals surface area (Å²) in [4.78, 5) is 30.6. The molecule has 0 unspecified atom stereocenters. The normalized spacial score (nSPS) is 17.3. The van der Waals surface area contributed by atoms with E-state index in [9.17, 15) is 23.1 Å². The van der Waals surface area contributed by atoms with Gasteiger partial charge in [-0.15, -0.1) is 12.4 Å². The van der Waals surface area contributed by atoms with Crippen LogP contribution in [0.15, 0.2) is 83.8 Å². The predicted octanol–water partition coefficient (Wildman–Crippen LogP) is 2.89. The molecular weight excluding hydrogens is 570 g/mol. The van der Waals surface area contributed by atoms with E-state index in [1.165, 1.54) is 12.1 Å². The molecule has 218 valence electrons. The average molecular weight is 602 g/mol. The summed E-state index contributed by atoms with van der Waals surface area (Å²) in [5, 5.41) is 21.5. The highest BCUT2D eigenvalue weighted by Crippen LogP contribution is 2.39. The number of aliphatic carboxylic acids is 1. The number of nitrogens with zero attached hydrogens (tertiary/aromatic N) is 1. The fraction of sp³-hybridized carbons (Fsp3) is 0.250. The van der Waals surface area contributed by atoms with Gasteiger partial charge >= 0.3 is 5.97 Å². The number of halogens is 1. The van der Waals surface area contributed by atoms with Crippen molar-refractivity contribution < 1.29 is 28.0 Å². The summed E-state index contributed by atoms with van der Waals surface area (Å²) in [6.45, 7) is 1.29. The summed E-state index contributed by atoms with van der Waals surface area (Å²) < 4.78 is 27.5. The third-order valence-corrected chi connectivity index (χ3v) is 7.93. The van der Waals surface area contributed by atoms with Gasteiger partial charge in [0.1, 0.15) is 11.9 Å². The second-order valence-corrected chi connectivity index (χ2v) is 11.2. The van der Waals surface area contributed by atoms with Gasteiger partial charge in [-0.1, -0.05) is 54.6 Å². The lowest BCUT2D eigenvalue weighted by atomic mass is 9.98. The number of para-hydroxylation sites is 1. The summed E-state index contributed by atoms with van der Waals surface area (Å²) in [5.41, 5.74) is 8.58. The van der Waals surface area contributed by atoms with Crippen molar-refractivity contribution in [2.24, 2.45) is 5.73 Å². The third-order valence-electron chi connectivity index (χ3n) is 6.46. The zero-order valence-corrected chi connectivity index (χ0v) is 23.8. The van der Waals surface area contributed by atoms with E-state index in [1.807, 2.05) is 42.5 Å². The number of anilines is 1. The number of amides is 1. The van der Waals surface area contributed by atoms with Gasteiger partial charge < -0.3 is 16.2 Å². The van der Waals surface area contributed by atoms with Crippen LogP contribution < -0.4 is 20.8 Å². The number of nitrogens with one attached hydrogen (secondary N) is 3. The molecule has 1 aliphatic rings. The lowest BCUT2D eigenvalue weighted by Crippen LogP contribution is -2.48. The minimum Gasteiger partial charge on any atom is -0.480 e. The maximum atomic E-state index is 12.8. The SMILES string of the molecule is Cc1cccc(S(=O)(=O)N[C@@H](CNC(=O)C[C@@H]2C[C@H](c3ccc(C(=N)N)cc3)N(c3ccccc3)O2)C(=O)O)c1.Cl. The molecule has 1 aliphatic heterocycles. The lowest BCUT2D eigenvalue weighted by molar-refractivity contribution is -0.138. The zero-order valence-electron chi connectivity index (χ0n) is 22.2. The standard InChI is InChI=1S/C28H31N5O6S.ClH/c1-18-6-5-9-23(14-18)40(37,38)32-24(28(35)36)17-31-26(34)16-22-15-25(19-10-12-20(13-11-19)27(29)30)33(39-22)21-7-3-2-4-8-21;/h2-14,22,24-25,32H,15-17H2,1H3,(H3,29,30)(H,31,34)(H,35,36);1H/t22-,24-,25+;/m0./s1. The number of hydrogen-bond acceptors (Lipinski definition) is 7. The van der Waals surface area contributed by atoms with Crippen LogP contribution in [0.2, 0.25) is 0 Å². The Bertz CT molecular complexity index is 1490. The van der Waals surface area contributed by atoms with Gasteiger partial charge in [-0.2, -0.15) is 4.72 Å². The maximum Gasteiger partial charge on any atom is 0.323 e. The quantitative estimate of drug-likeness (QED) is 0.165. The number of benzene rings is 3. The number of aryl methyl sites for hydroxylation is 1. The molecule has 4 rings (SSSR count). The number of carbonyl (C=O) groups excluding carboxylic acids is 1. The minimum atomic E-state index is -4.12. The Morgan fingerprint density at radius 2 is 1.78 bits per heavy atom. The van der Waals surface area contributed by atoms with Crippen molar-refractivity contribution in [2.45, 2.75) is 42.8 Å². The summed E-state index contributed by atoms with van der Waals surface area (Å²) in [6, 6.07) is 20.9. The van der Waals surface area contributed by atoms with E-state index in [1.54, 1.807) is 36.3 Å². The average Bonchev–Trinajstić information content (AvgIpc) is 3.35. The molecule has 0 aliphatic carbocycles. The molecule has 13 heteroatoms. The molecule has 1 saturated heterocycles. The molecule has 3 atom stereocenters. The lowest BCUT2D eigenvalue weighted by Gasteiger charge is -2.25. The molecule has 1 fully saturated rings. The molecule has 3 aromatic carbocycles. The van der Waals surface area contributed by atoms with Gasteiger partial charge in [0.25, 0.3) is 0 Å². The van der Waals surface area contributed by atoms with E-state index >= 15 is 0 Å². The van der Waals surface area contributed by atoms with Crippen LogP contribution in [0.3, 0.4) is 0 Å². The van der Waals surface area contributed by atoms with Crippen molar-refractivity contribution in [3.05, 3.63) is 95.6 Å². The number of amidine groups is 1. The maximum absolute atomic E-state index is 12.8. The molecule has 0 radical (unpaired) electrons. The van der Waals surface area contributed by atoms with E-state index < -0.39 is 40.6 Å². The van der Waals surface area contributed by atoms with Crippen LogP contribution in [-0.4, -0.2) is 49.9 Å². The summed E-state index contributed by atoms with van der Waals surface area (Å²) in [6.07, 6.45) is -0.128. The Labute approximate surface area is 244 Å². The van der Waals surface area contributed by atoms with E-state index in [0.717, 1.165) is 11.3 Å². The third kappa shape index (κ3) is 8.04. The smallest absolute Gasteiger partial charge is 0.323 e. The Morgan fingerprint density at radius 1 is 1.10 bits per heavy atom. The first-order chi connectivity index (χ1) is 19.0. The van der Waals surface area contributed by atoms with Crippen molar-refractivity contribution in [2.75, 3.05) is 11.6 Å². The topological polar surface area (TPSA) is 175 Å². The Kier molecular flexibility index (Phi) is 10.5. The number of nitrogens with two attached hydrogens (primary N) is 1. The number of rotatable bonds is 11. The van der Waals surface area contributed by atoms with Crippen molar-refractivity contribution in [1.82, 2.24) is 10.0 Å². The van der Waals surface area contributed by atoms with Crippen LogP contribution in [0.25, 0.3) is 0 Å². The Hall–Kier alpha value is -3.97. The molecule has 0 bridgehead atoms. The molecule has 1 heterocycles. The van der Waals surface area contributed by atoms with Crippen LogP contribution in [-0.2, 0) is 24.4 Å². The van der Waals surface area contributed by atoms with Crippen LogP contribution in [0, 0.1) is 12.3 Å². The molecule has 3 aromatic rings. The van der Waals surface area contributed by atoms with Crippen LogP contribution >= 0.6 is 12.4 Å². The van der Waals surface area contributed by atoms with Gasteiger partial charge in [0.15, 0.2) is 0 Å². The second kappa shape index (κ2) is 13.6. The number of nitrogen functional groups attached to an aromatic ring is 1. The van der Waals surface area contributed by atoms with E-state index in [-0.39, 0.29) is 35.6 Å². The second-order valence-electron chi connectivity index (χ2n) is 9.51. The summed E-state index contributed by atoms with van der Waals surface area (Å²) in [7, 11) is -4.12. The Balaban J connectivity index is 0.00000462. The van der Waals surface area contributed by atoms with Gasteiger partial charge in [0.05, 0.1) is 29.1 Å². The van der Waals surface area contributed by atoms with Gasteiger partial charge in [0.2, 0.25) is 15.9 Å². The molecule has 41 heavy (non-hydrogen) atoms. The van der Waals surface area contributed by atoms with E-state index in [4.69, 9.17) is 16.0 Å². The number of carbonyl (C=O) groups is 2. The highest BCUT2D eigenvalue weighted by Gasteiger charge is 2.36. The first-order valence-corrected chi connectivity index (χ1v) is 14.1. The molecule has 11 nitrogen and oxygen atoms in total. The molecule has 0 aromatic heterocycles.